The fraction of sp³-hybridized carbons (Fsp3) is 0.909. The van der Waals surface area contributed by atoms with Crippen molar-refractivity contribution in [2.75, 3.05) is 19.6 Å². The molecule has 2 atom stereocenters. The van der Waals surface area contributed by atoms with Gasteiger partial charge in [0.1, 0.15) is 0 Å². The van der Waals surface area contributed by atoms with Crippen LogP contribution in [0.2, 0.25) is 0 Å². The van der Waals surface area contributed by atoms with Crippen molar-refractivity contribution in [3.8, 4) is 0 Å². The summed E-state index contributed by atoms with van der Waals surface area (Å²) in [6.07, 6.45) is 2.27. The van der Waals surface area contributed by atoms with E-state index < -0.39 is 5.67 Å². The zero-order valence-corrected chi connectivity index (χ0v) is 9.42. The third-order valence-electron chi connectivity index (χ3n) is 3.33. The van der Waals surface area contributed by atoms with Crippen molar-refractivity contribution in [3.63, 3.8) is 0 Å². The molecule has 3 rings (SSSR count). The van der Waals surface area contributed by atoms with E-state index in [0.717, 1.165) is 25.9 Å². The maximum absolute atomic E-state index is 13.6. The molecule has 3 saturated heterocycles. The molecule has 0 radical (unpaired) electrons. The Morgan fingerprint density at radius 2 is 2.13 bits per heavy atom. The third-order valence-corrected chi connectivity index (χ3v) is 3.33. The van der Waals surface area contributed by atoms with Crippen molar-refractivity contribution in [2.45, 2.75) is 38.4 Å². The number of carbonyl (C=O) groups is 1. The average Bonchev–Trinajstić information content (AvgIpc) is 2.47. The minimum Gasteiger partial charge on any atom is -0.338 e. The maximum atomic E-state index is 13.6. The smallest absolute Gasteiger partial charge is 0.259 e. The quantitative estimate of drug-likeness (QED) is 0.704. The molecule has 2 bridgehead atoms. The highest BCUT2D eigenvalue weighted by Crippen LogP contribution is 2.24. The minimum absolute atomic E-state index is 0.358. The summed E-state index contributed by atoms with van der Waals surface area (Å²) in [5.41, 5.74) is -1.73. The van der Waals surface area contributed by atoms with Crippen molar-refractivity contribution < 1.29 is 9.18 Å². The summed E-state index contributed by atoms with van der Waals surface area (Å²) in [6.45, 7) is 5.05. The molecule has 3 aliphatic heterocycles. The number of rotatable bonds is 1. The lowest BCUT2D eigenvalue weighted by Crippen LogP contribution is -2.46. The van der Waals surface area contributed by atoms with Crippen molar-refractivity contribution in [3.05, 3.63) is 0 Å². The van der Waals surface area contributed by atoms with Gasteiger partial charge in [-0.15, -0.1) is 0 Å². The highest BCUT2D eigenvalue weighted by Gasteiger charge is 2.37. The monoisotopic (exact) mass is 214 g/mol. The van der Waals surface area contributed by atoms with Gasteiger partial charge in [0, 0.05) is 19.1 Å². The van der Waals surface area contributed by atoms with Crippen LogP contribution < -0.4 is 5.32 Å². The van der Waals surface area contributed by atoms with E-state index in [1.165, 1.54) is 13.8 Å². The van der Waals surface area contributed by atoms with Crippen molar-refractivity contribution in [1.29, 1.82) is 0 Å². The second-order valence-electron chi connectivity index (χ2n) is 5.23. The van der Waals surface area contributed by atoms with E-state index in [4.69, 9.17) is 0 Å². The van der Waals surface area contributed by atoms with E-state index in [9.17, 15) is 9.18 Å². The summed E-state index contributed by atoms with van der Waals surface area (Å²) in [6, 6.07) is 0.370. The number of amides is 1. The van der Waals surface area contributed by atoms with Gasteiger partial charge in [-0.1, -0.05) is 0 Å². The number of alkyl halides is 1. The lowest BCUT2D eigenvalue weighted by molar-refractivity contribution is -0.142. The molecule has 1 amide bonds. The summed E-state index contributed by atoms with van der Waals surface area (Å²) in [7, 11) is 0. The molecule has 0 spiro atoms. The number of piperidine rings is 1. The van der Waals surface area contributed by atoms with Crippen LogP contribution in [-0.4, -0.2) is 42.2 Å². The summed E-state index contributed by atoms with van der Waals surface area (Å²) < 4.78 is 13.6. The van der Waals surface area contributed by atoms with E-state index in [-0.39, 0.29) is 5.91 Å². The van der Waals surface area contributed by atoms with Crippen molar-refractivity contribution in [1.82, 2.24) is 10.2 Å². The van der Waals surface area contributed by atoms with Crippen LogP contribution in [0.15, 0.2) is 0 Å². The van der Waals surface area contributed by atoms with E-state index in [1.807, 2.05) is 0 Å². The van der Waals surface area contributed by atoms with Crippen molar-refractivity contribution >= 4 is 5.91 Å². The predicted octanol–water partition coefficient (Wildman–Crippen LogP) is 0.945. The summed E-state index contributed by atoms with van der Waals surface area (Å²) in [5.74, 6) is 0.151. The van der Waals surface area contributed by atoms with E-state index in [1.54, 1.807) is 4.90 Å². The zero-order valence-electron chi connectivity index (χ0n) is 9.42. The lowest BCUT2D eigenvalue weighted by atomic mass is 9.97. The molecule has 0 aromatic heterocycles. The van der Waals surface area contributed by atoms with E-state index in [2.05, 4.69) is 5.32 Å². The van der Waals surface area contributed by atoms with Gasteiger partial charge in [-0.3, -0.25) is 4.79 Å². The molecule has 15 heavy (non-hydrogen) atoms. The maximum Gasteiger partial charge on any atom is 0.259 e. The fourth-order valence-corrected chi connectivity index (χ4v) is 2.48. The van der Waals surface area contributed by atoms with Gasteiger partial charge in [-0.25, -0.2) is 4.39 Å². The normalized spacial score (nSPS) is 31.5. The molecule has 4 heteroatoms. The largest absolute Gasteiger partial charge is 0.338 e. The first-order chi connectivity index (χ1) is 6.97. The summed E-state index contributed by atoms with van der Waals surface area (Å²) >= 11 is 0. The van der Waals surface area contributed by atoms with Crippen LogP contribution in [0, 0.1) is 5.92 Å². The molecule has 0 aliphatic carbocycles. The number of hydrogen-bond acceptors (Lipinski definition) is 2. The molecule has 2 unspecified atom stereocenters. The van der Waals surface area contributed by atoms with Crippen LogP contribution in [-0.2, 0) is 4.79 Å². The Balaban J connectivity index is 2.07. The third kappa shape index (κ3) is 2.30. The molecular formula is C11H19FN2O. The van der Waals surface area contributed by atoms with Crippen LogP contribution >= 0.6 is 0 Å². The van der Waals surface area contributed by atoms with Gasteiger partial charge < -0.3 is 10.2 Å². The van der Waals surface area contributed by atoms with Crippen LogP contribution in [0.1, 0.15) is 26.7 Å². The molecule has 1 N–H and O–H groups in total. The predicted molar refractivity (Wildman–Crippen MR) is 56.3 cm³/mol. The van der Waals surface area contributed by atoms with Gasteiger partial charge >= 0.3 is 0 Å². The molecule has 0 aromatic rings. The standard InChI is InChI=1S/C11H19FN2O/c1-11(2,12)10(15)14-6-8-3-4-9(7-14)13-5-8/h8-9,13H,3-7H2,1-2H3. The molecule has 3 fully saturated rings. The highest BCUT2D eigenvalue weighted by molar-refractivity contribution is 5.84. The highest BCUT2D eigenvalue weighted by atomic mass is 19.1. The molecule has 3 nitrogen and oxygen atoms in total. The van der Waals surface area contributed by atoms with Crippen LogP contribution in [0.5, 0.6) is 0 Å². The first kappa shape index (κ1) is 10.9. The molecule has 0 saturated carbocycles. The SMILES string of the molecule is CC(C)(F)C(=O)N1CC2CCC(C1)NC2. The number of halogens is 1. The Morgan fingerprint density at radius 1 is 1.40 bits per heavy atom. The Kier molecular flexibility index (Phi) is 2.71. The second kappa shape index (κ2) is 3.74. The molecule has 86 valence electrons. The zero-order chi connectivity index (χ0) is 11.1. The molecule has 3 heterocycles. The first-order valence-electron chi connectivity index (χ1n) is 5.68. The Hall–Kier alpha value is -0.640. The number of carbonyl (C=O) groups excluding carboxylic acids is 1. The summed E-state index contributed by atoms with van der Waals surface area (Å²) in [4.78, 5) is 13.5. The van der Waals surface area contributed by atoms with Gasteiger partial charge in [0.15, 0.2) is 5.67 Å². The Labute approximate surface area is 90.0 Å². The number of nitrogens with zero attached hydrogens (tertiary/aromatic N) is 1. The van der Waals surface area contributed by atoms with E-state index in [0.29, 0.717) is 18.5 Å². The Morgan fingerprint density at radius 3 is 2.67 bits per heavy atom. The van der Waals surface area contributed by atoms with Crippen LogP contribution in [0.3, 0.4) is 0 Å². The fourth-order valence-electron chi connectivity index (χ4n) is 2.48. The Bertz CT molecular complexity index is 240. The number of nitrogens with one attached hydrogen (secondary N) is 1. The average molecular weight is 214 g/mol. The molecular weight excluding hydrogens is 195 g/mol. The van der Waals surface area contributed by atoms with E-state index >= 15 is 0 Å². The van der Waals surface area contributed by atoms with Crippen LogP contribution in [0.4, 0.5) is 4.39 Å². The van der Waals surface area contributed by atoms with Gasteiger partial charge in [-0.05, 0) is 39.2 Å². The molecule has 0 aromatic carbocycles. The first-order valence-corrected chi connectivity index (χ1v) is 5.68. The van der Waals surface area contributed by atoms with Crippen molar-refractivity contribution in [2.24, 2.45) is 5.92 Å². The topological polar surface area (TPSA) is 32.3 Å². The van der Waals surface area contributed by atoms with Gasteiger partial charge in [-0.2, -0.15) is 0 Å². The van der Waals surface area contributed by atoms with Gasteiger partial charge in [0.05, 0.1) is 0 Å². The minimum atomic E-state index is -1.73. The number of fused-ring (bicyclic) bond motifs is 4. The van der Waals surface area contributed by atoms with Gasteiger partial charge in [0.25, 0.3) is 5.91 Å². The second-order valence-corrected chi connectivity index (χ2v) is 5.23. The van der Waals surface area contributed by atoms with Crippen LogP contribution in [0.25, 0.3) is 0 Å². The number of hydrogen-bond donors (Lipinski definition) is 1. The molecule has 3 aliphatic rings. The summed E-state index contributed by atoms with van der Waals surface area (Å²) in [5, 5.41) is 3.40. The van der Waals surface area contributed by atoms with Gasteiger partial charge in [0.2, 0.25) is 0 Å². The lowest BCUT2D eigenvalue weighted by Gasteiger charge is -2.27.